The summed E-state index contributed by atoms with van der Waals surface area (Å²) in [4.78, 5) is 14.1. The summed E-state index contributed by atoms with van der Waals surface area (Å²) in [5.41, 5.74) is 6.16. The lowest BCUT2D eigenvalue weighted by Gasteiger charge is -2.29. The van der Waals surface area contributed by atoms with Gasteiger partial charge < -0.3 is 10.6 Å². The van der Waals surface area contributed by atoms with Crippen molar-refractivity contribution in [3.63, 3.8) is 0 Å². The number of rotatable bonds is 2. The average Bonchev–Trinajstić information content (AvgIpc) is 2.95. The first-order chi connectivity index (χ1) is 7.74. The molecule has 17 heavy (non-hydrogen) atoms. The Morgan fingerprint density at radius 3 is 2.59 bits per heavy atom. The molecular formula is C13H23ClN2O. The Morgan fingerprint density at radius 1 is 1.18 bits per heavy atom. The number of amides is 1. The molecular weight excluding hydrogens is 236 g/mol. The Labute approximate surface area is 110 Å². The largest absolute Gasteiger partial charge is 0.342 e. The van der Waals surface area contributed by atoms with E-state index in [2.05, 4.69) is 4.90 Å². The van der Waals surface area contributed by atoms with Crippen molar-refractivity contribution in [1.29, 1.82) is 0 Å². The number of halogens is 1. The first kappa shape index (κ1) is 13.2. The van der Waals surface area contributed by atoms with Crippen LogP contribution in [0.2, 0.25) is 0 Å². The van der Waals surface area contributed by atoms with E-state index in [-0.39, 0.29) is 12.4 Å². The number of nitrogens with zero attached hydrogens (tertiary/aromatic N) is 1. The minimum atomic E-state index is 0. The second-order valence-electron chi connectivity index (χ2n) is 5.96. The van der Waals surface area contributed by atoms with Crippen molar-refractivity contribution in [2.45, 2.75) is 44.6 Å². The molecule has 0 aromatic rings. The van der Waals surface area contributed by atoms with Crippen molar-refractivity contribution in [1.82, 2.24) is 4.90 Å². The Bertz CT molecular complexity index is 293. The Kier molecular flexibility index (Phi) is 3.99. The van der Waals surface area contributed by atoms with Gasteiger partial charge in [-0.3, -0.25) is 4.79 Å². The molecule has 2 aliphatic carbocycles. The maximum Gasteiger partial charge on any atom is 0.222 e. The molecule has 4 heteroatoms. The smallest absolute Gasteiger partial charge is 0.222 e. The first-order valence-electron chi connectivity index (χ1n) is 6.77. The second-order valence-corrected chi connectivity index (χ2v) is 5.96. The van der Waals surface area contributed by atoms with Crippen LogP contribution in [0.1, 0.15) is 38.5 Å². The summed E-state index contributed by atoms with van der Waals surface area (Å²) in [6.45, 7) is 1.93. The van der Waals surface area contributed by atoms with Crippen LogP contribution in [0.25, 0.3) is 0 Å². The van der Waals surface area contributed by atoms with Crippen molar-refractivity contribution < 1.29 is 4.79 Å². The molecule has 1 aliphatic heterocycles. The van der Waals surface area contributed by atoms with Crippen LogP contribution in [0, 0.1) is 17.8 Å². The van der Waals surface area contributed by atoms with Crippen LogP contribution >= 0.6 is 12.4 Å². The Hall–Kier alpha value is -0.280. The van der Waals surface area contributed by atoms with Crippen molar-refractivity contribution >= 4 is 18.3 Å². The van der Waals surface area contributed by atoms with E-state index in [1.165, 1.54) is 25.7 Å². The summed E-state index contributed by atoms with van der Waals surface area (Å²) in [5.74, 6) is 2.40. The predicted molar refractivity (Wildman–Crippen MR) is 70.0 cm³/mol. The fourth-order valence-corrected chi connectivity index (χ4v) is 3.42. The van der Waals surface area contributed by atoms with E-state index in [0.717, 1.165) is 25.9 Å². The van der Waals surface area contributed by atoms with Crippen LogP contribution in [0.15, 0.2) is 0 Å². The number of nitrogens with two attached hydrogens (primary N) is 1. The van der Waals surface area contributed by atoms with Crippen LogP contribution in [0.3, 0.4) is 0 Å². The highest BCUT2D eigenvalue weighted by Gasteiger charge is 2.41. The molecule has 0 bridgehead atoms. The molecule has 1 saturated heterocycles. The lowest BCUT2D eigenvalue weighted by atomic mass is 9.78. The Morgan fingerprint density at radius 2 is 1.94 bits per heavy atom. The van der Waals surface area contributed by atoms with Crippen LogP contribution in [0.4, 0.5) is 0 Å². The van der Waals surface area contributed by atoms with E-state index in [4.69, 9.17) is 5.73 Å². The lowest BCUT2D eigenvalue weighted by Crippen LogP contribution is -2.38. The number of carbonyl (C=O) groups is 1. The van der Waals surface area contributed by atoms with Crippen LogP contribution in [-0.4, -0.2) is 29.9 Å². The van der Waals surface area contributed by atoms with Crippen molar-refractivity contribution in [2.24, 2.45) is 23.5 Å². The summed E-state index contributed by atoms with van der Waals surface area (Å²) in [7, 11) is 0. The quantitative estimate of drug-likeness (QED) is 0.821. The van der Waals surface area contributed by atoms with Crippen molar-refractivity contribution in [3.8, 4) is 0 Å². The molecule has 3 aliphatic rings. The van der Waals surface area contributed by atoms with Crippen LogP contribution in [0.5, 0.6) is 0 Å². The minimum absolute atomic E-state index is 0. The molecule has 0 spiro atoms. The maximum atomic E-state index is 12.0. The van der Waals surface area contributed by atoms with Crippen LogP contribution < -0.4 is 5.73 Å². The molecule has 0 radical (unpaired) electrons. The van der Waals surface area contributed by atoms with E-state index in [0.29, 0.717) is 29.7 Å². The zero-order valence-electron chi connectivity index (χ0n) is 10.3. The molecule has 3 atom stereocenters. The Balaban J connectivity index is 0.00000108. The van der Waals surface area contributed by atoms with Crippen molar-refractivity contribution in [3.05, 3.63) is 0 Å². The zero-order chi connectivity index (χ0) is 11.1. The molecule has 0 aromatic carbocycles. The number of fused-ring (bicyclic) bond motifs is 1. The molecule has 3 rings (SSSR count). The molecule has 0 aromatic heterocycles. The summed E-state index contributed by atoms with van der Waals surface area (Å²) in [6.07, 6.45) is 7.04. The van der Waals surface area contributed by atoms with E-state index < -0.39 is 0 Å². The second kappa shape index (κ2) is 5.15. The zero-order valence-corrected chi connectivity index (χ0v) is 11.1. The summed E-state index contributed by atoms with van der Waals surface area (Å²) in [6, 6.07) is 0.345. The third kappa shape index (κ3) is 2.76. The van der Waals surface area contributed by atoms with Gasteiger partial charge in [0, 0.05) is 25.6 Å². The van der Waals surface area contributed by atoms with Gasteiger partial charge in [-0.2, -0.15) is 0 Å². The summed E-state index contributed by atoms with van der Waals surface area (Å²) in [5, 5.41) is 0. The first-order valence-corrected chi connectivity index (χ1v) is 6.77. The van der Waals surface area contributed by atoms with Gasteiger partial charge in [0.05, 0.1) is 0 Å². The molecule has 2 N–H and O–H groups in total. The van der Waals surface area contributed by atoms with Gasteiger partial charge in [0.25, 0.3) is 0 Å². The molecule has 98 valence electrons. The van der Waals surface area contributed by atoms with Gasteiger partial charge in [-0.25, -0.2) is 0 Å². The van der Waals surface area contributed by atoms with E-state index in [1.807, 2.05) is 0 Å². The van der Waals surface area contributed by atoms with Gasteiger partial charge in [-0.05, 0) is 43.4 Å². The van der Waals surface area contributed by atoms with Gasteiger partial charge in [-0.15, -0.1) is 12.4 Å². The number of hydrogen-bond acceptors (Lipinski definition) is 2. The van der Waals surface area contributed by atoms with Crippen molar-refractivity contribution in [2.75, 3.05) is 13.1 Å². The fraction of sp³-hybridized carbons (Fsp3) is 0.923. The SMILES string of the molecule is Cl.NC1CCCC2CN(C(=O)CC3CC3)CC12. The fourth-order valence-electron chi connectivity index (χ4n) is 3.42. The third-order valence-corrected chi connectivity index (χ3v) is 4.67. The molecule has 3 unspecified atom stereocenters. The number of carbonyl (C=O) groups excluding carboxylic acids is 1. The number of hydrogen-bond donors (Lipinski definition) is 1. The third-order valence-electron chi connectivity index (χ3n) is 4.67. The minimum Gasteiger partial charge on any atom is -0.342 e. The molecule has 3 nitrogen and oxygen atoms in total. The molecule has 3 fully saturated rings. The monoisotopic (exact) mass is 258 g/mol. The van der Waals surface area contributed by atoms with Gasteiger partial charge in [0.15, 0.2) is 0 Å². The van der Waals surface area contributed by atoms with Crippen LogP contribution in [-0.2, 0) is 4.79 Å². The normalized spacial score (nSPS) is 36.3. The van der Waals surface area contributed by atoms with Gasteiger partial charge >= 0.3 is 0 Å². The number of likely N-dealkylation sites (tertiary alicyclic amines) is 1. The van der Waals surface area contributed by atoms with E-state index in [1.54, 1.807) is 0 Å². The highest BCUT2D eigenvalue weighted by Crippen LogP contribution is 2.38. The highest BCUT2D eigenvalue weighted by molar-refractivity contribution is 5.85. The molecule has 2 saturated carbocycles. The molecule has 1 amide bonds. The predicted octanol–water partition coefficient (Wildman–Crippen LogP) is 1.79. The molecule has 1 heterocycles. The van der Waals surface area contributed by atoms with E-state index >= 15 is 0 Å². The lowest BCUT2D eigenvalue weighted by molar-refractivity contribution is -0.130. The van der Waals surface area contributed by atoms with E-state index in [9.17, 15) is 4.79 Å². The topological polar surface area (TPSA) is 46.3 Å². The van der Waals surface area contributed by atoms with Gasteiger partial charge in [-0.1, -0.05) is 6.42 Å². The average molecular weight is 259 g/mol. The summed E-state index contributed by atoms with van der Waals surface area (Å²) < 4.78 is 0. The van der Waals surface area contributed by atoms with Gasteiger partial charge in [0.1, 0.15) is 0 Å². The summed E-state index contributed by atoms with van der Waals surface area (Å²) >= 11 is 0. The highest BCUT2D eigenvalue weighted by atomic mass is 35.5. The van der Waals surface area contributed by atoms with Gasteiger partial charge in [0.2, 0.25) is 5.91 Å². The maximum absolute atomic E-state index is 12.0. The standard InChI is InChI=1S/C13H22N2O.ClH/c14-12-3-1-2-10-7-15(8-11(10)12)13(16)6-9-4-5-9;/h9-12H,1-8,14H2;1H.